The van der Waals surface area contributed by atoms with Crippen molar-refractivity contribution >= 4 is 27.0 Å². The number of sulfone groups is 1. The Bertz CT molecular complexity index is 570. The van der Waals surface area contributed by atoms with Crippen LogP contribution in [0.15, 0.2) is 29.2 Å². The predicted octanol–water partition coefficient (Wildman–Crippen LogP) is 1.06. The molecule has 7 heteroatoms. The molecule has 1 aromatic rings. The first kappa shape index (κ1) is 18.0. The molecule has 0 aliphatic rings. The van der Waals surface area contributed by atoms with Crippen molar-refractivity contribution in [3.63, 3.8) is 0 Å². The fourth-order valence-electron chi connectivity index (χ4n) is 1.80. The van der Waals surface area contributed by atoms with Crippen molar-refractivity contribution in [1.82, 2.24) is 4.90 Å². The Balaban J connectivity index is 2.71. The van der Waals surface area contributed by atoms with Gasteiger partial charge in [0.2, 0.25) is 0 Å². The third kappa shape index (κ3) is 5.35. The van der Waals surface area contributed by atoms with Crippen molar-refractivity contribution in [2.45, 2.75) is 17.9 Å². The van der Waals surface area contributed by atoms with Gasteiger partial charge in [0, 0.05) is 25.3 Å². The number of ether oxygens (including phenoxy) is 1. The van der Waals surface area contributed by atoms with E-state index in [0.717, 1.165) is 0 Å². The summed E-state index contributed by atoms with van der Waals surface area (Å²) in [6.45, 7) is 3.01. The first-order valence-electron chi connectivity index (χ1n) is 6.59. The number of hydrogen-bond acceptors (Lipinski definition) is 5. The second-order valence-corrected chi connectivity index (χ2v) is 7.54. The average molecular weight is 330 g/mol. The molecular weight excluding hydrogens is 308 g/mol. The molecule has 0 aliphatic carbocycles. The van der Waals surface area contributed by atoms with Crippen molar-refractivity contribution in [3.8, 4) is 0 Å². The molecule has 0 spiro atoms. The lowest BCUT2D eigenvalue weighted by Gasteiger charge is -2.23. The zero-order chi connectivity index (χ0) is 16.0. The second-order valence-electron chi connectivity index (χ2n) is 4.99. The normalized spacial score (nSPS) is 13.3. The van der Waals surface area contributed by atoms with E-state index in [4.69, 9.17) is 22.7 Å². The Morgan fingerprint density at radius 3 is 2.43 bits per heavy atom. The number of likely N-dealkylation sites (N-methyl/N-ethyl adjacent to an activating group) is 1. The number of methoxy groups -OCH3 is 1. The summed E-state index contributed by atoms with van der Waals surface area (Å²) in [5, 5.41) is 0. The molecule has 2 N–H and O–H groups in total. The van der Waals surface area contributed by atoms with Crippen LogP contribution in [0.4, 0.5) is 0 Å². The fraction of sp³-hybridized carbons (Fsp3) is 0.500. The maximum absolute atomic E-state index is 12.3. The van der Waals surface area contributed by atoms with Crippen LogP contribution in [0.3, 0.4) is 0 Å². The lowest BCUT2D eigenvalue weighted by atomic mass is 10.2. The highest BCUT2D eigenvalue weighted by atomic mass is 32.2. The summed E-state index contributed by atoms with van der Waals surface area (Å²) in [4.78, 5) is 2.51. The Hall–Kier alpha value is -1.02. The third-order valence-corrected chi connectivity index (χ3v) is 5.32. The first-order chi connectivity index (χ1) is 9.77. The van der Waals surface area contributed by atoms with Gasteiger partial charge in [-0.2, -0.15) is 0 Å². The quantitative estimate of drug-likeness (QED) is 0.719. The molecule has 0 saturated carbocycles. The van der Waals surface area contributed by atoms with Crippen LogP contribution in [-0.4, -0.2) is 57.4 Å². The number of nitrogens with zero attached hydrogens (tertiary/aromatic N) is 1. The molecule has 1 atom stereocenters. The smallest absolute Gasteiger partial charge is 0.179 e. The van der Waals surface area contributed by atoms with E-state index in [-0.39, 0.29) is 21.7 Å². The molecule has 0 radical (unpaired) electrons. The summed E-state index contributed by atoms with van der Waals surface area (Å²) >= 11 is 4.85. The van der Waals surface area contributed by atoms with Crippen LogP contribution in [0.25, 0.3) is 0 Å². The average Bonchev–Trinajstić information content (AvgIpc) is 2.45. The van der Waals surface area contributed by atoms with Crippen molar-refractivity contribution < 1.29 is 13.2 Å². The van der Waals surface area contributed by atoms with Crippen molar-refractivity contribution in [1.29, 1.82) is 0 Å². The largest absolute Gasteiger partial charge is 0.389 e. The van der Waals surface area contributed by atoms with Crippen LogP contribution in [0, 0.1) is 0 Å². The highest BCUT2D eigenvalue weighted by Crippen LogP contribution is 2.13. The van der Waals surface area contributed by atoms with Gasteiger partial charge in [0.15, 0.2) is 9.84 Å². The number of rotatable bonds is 8. The lowest BCUT2D eigenvalue weighted by molar-refractivity contribution is 0.119. The highest BCUT2D eigenvalue weighted by molar-refractivity contribution is 7.91. The molecule has 0 heterocycles. The minimum atomic E-state index is -3.31. The second kappa shape index (κ2) is 7.84. The third-order valence-electron chi connectivity index (χ3n) is 3.37. The molecule has 118 valence electrons. The Morgan fingerprint density at radius 1 is 1.38 bits per heavy atom. The molecule has 0 bridgehead atoms. The van der Waals surface area contributed by atoms with E-state index < -0.39 is 9.84 Å². The summed E-state index contributed by atoms with van der Waals surface area (Å²) in [5.41, 5.74) is 6.16. The fourth-order valence-corrected chi connectivity index (χ4v) is 3.25. The van der Waals surface area contributed by atoms with Crippen LogP contribution >= 0.6 is 12.2 Å². The van der Waals surface area contributed by atoms with Gasteiger partial charge in [0.05, 0.1) is 17.3 Å². The van der Waals surface area contributed by atoms with Crippen molar-refractivity contribution in [2.24, 2.45) is 5.73 Å². The van der Waals surface area contributed by atoms with Crippen molar-refractivity contribution in [2.75, 3.05) is 33.1 Å². The molecule has 1 aromatic carbocycles. The summed E-state index contributed by atoms with van der Waals surface area (Å²) in [5.74, 6) is 0.0595. The number of hydrogen-bond donors (Lipinski definition) is 1. The van der Waals surface area contributed by atoms with Gasteiger partial charge in [-0.1, -0.05) is 24.4 Å². The molecule has 0 amide bonds. The topological polar surface area (TPSA) is 72.6 Å². The Labute approximate surface area is 132 Å². The minimum absolute atomic E-state index is 0.0595. The molecule has 0 aromatic heterocycles. The first-order valence-corrected chi connectivity index (χ1v) is 8.65. The molecule has 21 heavy (non-hydrogen) atoms. The molecule has 5 nitrogen and oxygen atoms in total. The van der Waals surface area contributed by atoms with Gasteiger partial charge in [-0.15, -0.1) is 0 Å². The van der Waals surface area contributed by atoms with Gasteiger partial charge in [-0.25, -0.2) is 8.42 Å². The number of benzene rings is 1. The molecular formula is C14H22N2O3S2. The van der Waals surface area contributed by atoms with E-state index in [0.29, 0.717) is 18.7 Å². The Kier molecular flexibility index (Phi) is 6.73. The van der Waals surface area contributed by atoms with E-state index >= 15 is 0 Å². The van der Waals surface area contributed by atoms with Crippen molar-refractivity contribution in [3.05, 3.63) is 29.8 Å². The standard InChI is InChI=1S/C14H22N2O3S2/c1-11(10-19-3)16(2)8-9-21(17,18)13-6-4-12(5-7-13)14(15)20/h4-7,11H,8-10H2,1-3H3,(H2,15,20). The highest BCUT2D eigenvalue weighted by Gasteiger charge is 2.17. The van der Waals surface area contributed by atoms with Gasteiger partial charge in [0.25, 0.3) is 0 Å². The minimum Gasteiger partial charge on any atom is -0.389 e. The molecule has 0 saturated heterocycles. The van der Waals surface area contributed by atoms with E-state index in [1.807, 2.05) is 18.9 Å². The number of nitrogens with two attached hydrogens (primary N) is 1. The van der Waals surface area contributed by atoms with E-state index in [2.05, 4.69) is 0 Å². The van der Waals surface area contributed by atoms with Gasteiger partial charge in [-0.3, -0.25) is 0 Å². The molecule has 1 rings (SSSR count). The zero-order valence-corrected chi connectivity index (χ0v) is 14.2. The molecule has 1 unspecified atom stereocenters. The summed E-state index contributed by atoms with van der Waals surface area (Å²) < 4.78 is 29.6. The SMILES string of the molecule is COCC(C)N(C)CCS(=O)(=O)c1ccc(C(N)=S)cc1. The van der Waals surface area contributed by atoms with Gasteiger partial charge >= 0.3 is 0 Å². The van der Waals surface area contributed by atoms with E-state index in [9.17, 15) is 8.42 Å². The van der Waals surface area contributed by atoms with Crippen LogP contribution in [-0.2, 0) is 14.6 Å². The van der Waals surface area contributed by atoms with Gasteiger partial charge in [-0.05, 0) is 26.1 Å². The maximum atomic E-state index is 12.3. The summed E-state index contributed by atoms with van der Waals surface area (Å²) in [7, 11) is 0.201. The number of thiocarbonyl (C=S) groups is 1. The van der Waals surface area contributed by atoms with Crippen LogP contribution < -0.4 is 5.73 Å². The van der Waals surface area contributed by atoms with Crippen LogP contribution in [0.5, 0.6) is 0 Å². The lowest BCUT2D eigenvalue weighted by Crippen LogP contribution is -2.36. The van der Waals surface area contributed by atoms with Gasteiger partial charge < -0.3 is 15.4 Å². The summed E-state index contributed by atoms with van der Waals surface area (Å²) in [6.07, 6.45) is 0. The van der Waals surface area contributed by atoms with Gasteiger partial charge in [0.1, 0.15) is 4.99 Å². The Morgan fingerprint density at radius 2 is 1.95 bits per heavy atom. The monoisotopic (exact) mass is 330 g/mol. The molecule has 0 aliphatic heterocycles. The zero-order valence-electron chi connectivity index (χ0n) is 12.6. The maximum Gasteiger partial charge on any atom is 0.179 e. The predicted molar refractivity (Wildman–Crippen MR) is 88.4 cm³/mol. The van der Waals surface area contributed by atoms with Crippen LogP contribution in [0.1, 0.15) is 12.5 Å². The van der Waals surface area contributed by atoms with E-state index in [1.54, 1.807) is 31.4 Å². The van der Waals surface area contributed by atoms with E-state index in [1.165, 1.54) is 0 Å². The van der Waals surface area contributed by atoms with Crippen LogP contribution in [0.2, 0.25) is 0 Å². The summed E-state index contributed by atoms with van der Waals surface area (Å²) in [6, 6.07) is 6.52. The molecule has 0 fully saturated rings.